The van der Waals surface area contributed by atoms with Crippen molar-refractivity contribution in [3.05, 3.63) is 98.7 Å². The summed E-state index contributed by atoms with van der Waals surface area (Å²) in [7, 11) is 2.00. The summed E-state index contributed by atoms with van der Waals surface area (Å²) >= 11 is 1.29. The van der Waals surface area contributed by atoms with Gasteiger partial charge in [-0.05, 0) is 37.6 Å². The van der Waals surface area contributed by atoms with E-state index >= 15 is 0 Å². The van der Waals surface area contributed by atoms with E-state index in [9.17, 15) is 9.59 Å². The van der Waals surface area contributed by atoms with Crippen molar-refractivity contribution in [2.24, 2.45) is 12.8 Å². The summed E-state index contributed by atoms with van der Waals surface area (Å²) < 4.78 is 9.49. The number of carbonyl (C=O) groups is 1. The van der Waals surface area contributed by atoms with Gasteiger partial charge in [0.2, 0.25) is 0 Å². The zero-order chi connectivity index (χ0) is 22.8. The molecule has 0 radical (unpaired) electrons. The van der Waals surface area contributed by atoms with Crippen LogP contribution in [0.2, 0.25) is 0 Å². The molecule has 8 heteroatoms. The van der Waals surface area contributed by atoms with Crippen molar-refractivity contribution in [3.8, 4) is 5.75 Å². The summed E-state index contributed by atoms with van der Waals surface area (Å²) in [6, 6.07) is 17.1. The summed E-state index contributed by atoms with van der Waals surface area (Å²) in [5, 5.41) is 0. The van der Waals surface area contributed by atoms with Crippen LogP contribution < -0.4 is 16.0 Å². The second-order valence-electron chi connectivity index (χ2n) is 7.76. The Labute approximate surface area is 191 Å². The molecule has 1 amide bonds. The summed E-state index contributed by atoms with van der Waals surface area (Å²) in [6.45, 7) is 4.83. The number of hydrogen-bond acceptors (Lipinski definition) is 5. The van der Waals surface area contributed by atoms with E-state index in [2.05, 4.69) is 10.6 Å². The molecule has 1 atom stereocenters. The van der Waals surface area contributed by atoms with Gasteiger partial charge in [-0.3, -0.25) is 14.2 Å². The predicted molar refractivity (Wildman–Crippen MR) is 126 cm³/mol. The maximum Gasteiger partial charge on any atom is 0.257 e. The first-order valence-electron chi connectivity index (χ1n) is 10.3. The third-order valence-corrected chi connectivity index (χ3v) is 7.11. The number of pyridine rings is 1. The van der Waals surface area contributed by atoms with Gasteiger partial charge in [0.05, 0.1) is 11.4 Å². The minimum atomic E-state index is -0.487. The number of nitrogens with two attached hydrogens (primary N) is 1. The van der Waals surface area contributed by atoms with E-state index in [-0.39, 0.29) is 5.56 Å². The molecule has 32 heavy (non-hydrogen) atoms. The number of nitrogens with zero attached hydrogens (tertiary/aromatic N) is 3. The molecule has 1 aliphatic heterocycles. The summed E-state index contributed by atoms with van der Waals surface area (Å²) in [5.74, 6) is 0.0152. The number of benzene rings is 1. The van der Waals surface area contributed by atoms with Crippen LogP contribution in [0.25, 0.3) is 0 Å². The molecule has 3 heterocycles. The number of amides is 1. The monoisotopic (exact) mass is 450 g/mol. The molecule has 3 aromatic rings. The number of rotatable bonds is 7. The number of allylic oxidation sites excluding steroid dienone is 1. The Kier molecular flexibility index (Phi) is 6.14. The van der Waals surface area contributed by atoms with Gasteiger partial charge < -0.3 is 19.9 Å². The van der Waals surface area contributed by atoms with Crippen molar-refractivity contribution >= 4 is 17.7 Å². The summed E-state index contributed by atoms with van der Waals surface area (Å²) in [6.07, 6.45) is 1.71. The molecule has 4 rings (SSSR count). The molecule has 1 unspecified atom stereocenters. The van der Waals surface area contributed by atoms with Gasteiger partial charge in [-0.2, -0.15) is 0 Å². The Morgan fingerprint density at radius 2 is 1.88 bits per heavy atom. The van der Waals surface area contributed by atoms with E-state index in [0.717, 1.165) is 22.6 Å². The quantitative estimate of drug-likeness (QED) is 0.596. The van der Waals surface area contributed by atoms with Crippen LogP contribution in [-0.2, 0) is 25.0 Å². The van der Waals surface area contributed by atoms with Gasteiger partial charge >= 0.3 is 0 Å². The zero-order valence-electron chi connectivity index (χ0n) is 18.3. The highest BCUT2D eigenvalue weighted by Crippen LogP contribution is 2.44. The van der Waals surface area contributed by atoms with Gasteiger partial charge in [0.25, 0.3) is 11.5 Å². The molecule has 1 aliphatic rings. The van der Waals surface area contributed by atoms with Crippen LogP contribution in [-0.4, -0.2) is 19.9 Å². The van der Waals surface area contributed by atoms with E-state index in [1.807, 2.05) is 62.2 Å². The molecule has 0 saturated carbocycles. The van der Waals surface area contributed by atoms with E-state index in [0.29, 0.717) is 23.8 Å². The van der Waals surface area contributed by atoms with E-state index < -0.39 is 11.4 Å². The number of aryl methyl sites for hydroxylation is 1. The molecule has 0 aliphatic carbocycles. The normalized spacial score (nSPS) is 16.0. The third-order valence-electron chi connectivity index (χ3n) is 5.69. The van der Waals surface area contributed by atoms with Crippen molar-refractivity contribution in [1.29, 1.82) is 0 Å². The van der Waals surface area contributed by atoms with Gasteiger partial charge in [-0.1, -0.05) is 42.1 Å². The highest BCUT2D eigenvalue weighted by atomic mass is 32.2. The van der Waals surface area contributed by atoms with Crippen molar-refractivity contribution in [2.45, 2.75) is 32.5 Å². The van der Waals surface area contributed by atoms with Crippen LogP contribution in [0, 0.1) is 6.92 Å². The highest BCUT2D eigenvalue weighted by molar-refractivity contribution is 8.04. The lowest BCUT2D eigenvalue weighted by atomic mass is 10.2. The molecular formula is C24H26N4O3S. The largest absolute Gasteiger partial charge is 0.489 e. The molecule has 1 aromatic carbocycles. The number of primary amides is 1. The van der Waals surface area contributed by atoms with Crippen molar-refractivity contribution < 1.29 is 9.53 Å². The van der Waals surface area contributed by atoms with E-state index in [1.165, 1.54) is 17.8 Å². The van der Waals surface area contributed by atoms with Gasteiger partial charge in [0.15, 0.2) is 5.50 Å². The van der Waals surface area contributed by atoms with Gasteiger partial charge in [0.1, 0.15) is 12.4 Å². The molecule has 2 aromatic heterocycles. The standard InChI is InChI=1S/C24H26N4O3S/c1-16-9-10-19(26(16)3)14-28-17(2)22(23(25)30)32-24(28)27-12-11-20(13-21(27)29)31-15-18-7-5-4-6-8-18/h4-13,24H,14-15H2,1-3H3,(H2,25,30). The minimum Gasteiger partial charge on any atom is -0.489 e. The Hall–Kier alpha value is -3.39. The molecule has 0 saturated heterocycles. The van der Waals surface area contributed by atoms with Crippen molar-refractivity contribution in [2.75, 3.05) is 0 Å². The summed E-state index contributed by atoms with van der Waals surface area (Å²) in [4.78, 5) is 27.5. The molecule has 0 bridgehead atoms. The SMILES string of the molecule is CC1=C(C(N)=O)SC(n2ccc(OCc3ccccc3)cc2=O)N1Cc1ccc(C)n1C. The van der Waals surface area contributed by atoms with Crippen LogP contribution in [0.1, 0.15) is 29.4 Å². The van der Waals surface area contributed by atoms with E-state index in [1.54, 1.807) is 16.8 Å². The maximum absolute atomic E-state index is 13.0. The zero-order valence-corrected chi connectivity index (χ0v) is 19.1. The Morgan fingerprint density at radius 1 is 1.12 bits per heavy atom. The predicted octanol–water partition coefficient (Wildman–Crippen LogP) is 3.50. The van der Waals surface area contributed by atoms with Crippen molar-refractivity contribution in [1.82, 2.24) is 14.0 Å². The molecule has 7 nitrogen and oxygen atoms in total. The smallest absolute Gasteiger partial charge is 0.257 e. The number of thioether (sulfide) groups is 1. The first kappa shape index (κ1) is 21.8. The first-order chi connectivity index (χ1) is 15.3. The first-order valence-corrected chi connectivity index (χ1v) is 11.2. The average molecular weight is 451 g/mol. The second-order valence-corrected chi connectivity index (χ2v) is 8.82. The number of hydrogen-bond donors (Lipinski definition) is 1. The van der Waals surface area contributed by atoms with E-state index in [4.69, 9.17) is 10.5 Å². The van der Waals surface area contributed by atoms with Gasteiger partial charge in [-0.25, -0.2) is 0 Å². The van der Waals surface area contributed by atoms with Crippen LogP contribution in [0.3, 0.4) is 0 Å². The van der Waals surface area contributed by atoms with Crippen LogP contribution >= 0.6 is 11.8 Å². The van der Waals surface area contributed by atoms with Crippen LogP contribution in [0.5, 0.6) is 5.75 Å². The van der Waals surface area contributed by atoms with Gasteiger partial charge in [-0.15, -0.1) is 0 Å². The fourth-order valence-corrected chi connectivity index (χ4v) is 4.94. The van der Waals surface area contributed by atoms with Crippen LogP contribution in [0.4, 0.5) is 0 Å². The Morgan fingerprint density at radius 3 is 2.50 bits per heavy atom. The summed E-state index contributed by atoms with van der Waals surface area (Å²) in [5.41, 5.74) is 9.00. The fourth-order valence-electron chi connectivity index (χ4n) is 3.68. The number of ether oxygens (including phenoxy) is 1. The molecule has 2 N–H and O–H groups in total. The Balaban J connectivity index is 1.59. The maximum atomic E-state index is 13.0. The lowest BCUT2D eigenvalue weighted by Crippen LogP contribution is -2.32. The van der Waals surface area contributed by atoms with Crippen molar-refractivity contribution in [3.63, 3.8) is 0 Å². The second kappa shape index (κ2) is 9.00. The molecule has 0 spiro atoms. The lowest BCUT2D eigenvalue weighted by Gasteiger charge is -2.29. The fraction of sp³-hybridized carbons (Fsp3) is 0.250. The molecule has 166 valence electrons. The number of aromatic nitrogens is 2. The van der Waals surface area contributed by atoms with Gasteiger partial charge in [0, 0.05) is 36.4 Å². The highest BCUT2D eigenvalue weighted by Gasteiger charge is 2.35. The average Bonchev–Trinajstić information content (AvgIpc) is 3.27. The lowest BCUT2D eigenvalue weighted by molar-refractivity contribution is -0.114. The topological polar surface area (TPSA) is 82.5 Å². The number of carbonyl (C=O) groups excluding carboxylic acids is 1. The minimum absolute atomic E-state index is 0.209. The molecule has 0 fully saturated rings. The Bertz CT molecular complexity index is 1230. The third kappa shape index (κ3) is 4.31. The molecular weight excluding hydrogens is 424 g/mol. The van der Waals surface area contributed by atoms with Crippen LogP contribution in [0.15, 0.2) is 76.2 Å².